The van der Waals surface area contributed by atoms with Crippen LogP contribution in [0.15, 0.2) is 66.7 Å². The van der Waals surface area contributed by atoms with E-state index >= 15 is 0 Å². The Kier molecular flexibility index (Phi) is 14.1. The molecule has 0 aliphatic heterocycles. The second kappa shape index (κ2) is 17.2. The van der Waals surface area contributed by atoms with Gasteiger partial charge >= 0.3 is 0 Å². The van der Waals surface area contributed by atoms with Gasteiger partial charge in [-0.2, -0.15) is 0 Å². The Bertz CT molecular complexity index is 1330. The highest BCUT2D eigenvalue weighted by atomic mass is 32.2. The Balaban J connectivity index is 0.00000138. The summed E-state index contributed by atoms with van der Waals surface area (Å²) >= 11 is 0. The Morgan fingerprint density at radius 3 is 2.37 bits per heavy atom. The second-order valence-electron chi connectivity index (χ2n) is 9.15. The Labute approximate surface area is 240 Å². The number of carbonyl (C=O) groups is 1. The standard InChI is InChI=1S/C27H34N2O7S.C2H4O2/c1-37(33,34)29-24-4-2-3-21(15-24)19-35-13-14-36-25-8-5-20(6-9-25)11-12-28-17-27(32)22-7-10-26(31)23(16-22)18-30;1-2(3)4/h2-10,15-16,27-32H,11-14,17-19H2,1H3;1H3,(H,3,4)/t27-;/m0./s1. The number of anilines is 1. The predicted octanol–water partition coefficient (Wildman–Crippen LogP) is 2.81. The molecule has 0 amide bonds. The second-order valence-corrected chi connectivity index (χ2v) is 10.9. The average molecular weight is 591 g/mol. The number of hydrogen-bond donors (Lipinski definition) is 6. The van der Waals surface area contributed by atoms with Gasteiger partial charge in [0.2, 0.25) is 10.0 Å². The van der Waals surface area contributed by atoms with Crippen molar-refractivity contribution in [1.82, 2.24) is 5.32 Å². The van der Waals surface area contributed by atoms with Crippen molar-refractivity contribution in [3.05, 3.63) is 89.0 Å². The van der Waals surface area contributed by atoms with E-state index in [0.29, 0.717) is 49.7 Å². The quantitative estimate of drug-likeness (QED) is 0.144. The molecule has 224 valence electrons. The van der Waals surface area contributed by atoms with E-state index in [4.69, 9.17) is 19.4 Å². The summed E-state index contributed by atoms with van der Waals surface area (Å²) in [6.45, 7) is 2.95. The van der Waals surface area contributed by atoms with E-state index in [2.05, 4.69) is 10.0 Å². The molecule has 0 radical (unpaired) electrons. The maximum absolute atomic E-state index is 11.3. The molecule has 3 aromatic carbocycles. The molecule has 0 heterocycles. The zero-order valence-electron chi connectivity index (χ0n) is 23.1. The lowest BCUT2D eigenvalue weighted by atomic mass is 10.1. The molecule has 12 heteroatoms. The summed E-state index contributed by atoms with van der Waals surface area (Å²) < 4.78 is 36.5. The molecular formula is C29H38N2O9S. The van der Waals surface area contributed by atoms with Crippen LogP contribution in [0.25, 0.3) is 0 Å². The molecule has 0 fully saturated rings. The molecule has 0 aromatic heterocycles. The minimum Gasteiger partial charge on any atom is -0.508 e. The molecule has 0 saturated heterocycles. The SMILES string of the molecule is CC(=O)O.CS(=O)(=O)Nc1cccc(COCCOc2ccc(CCNC[C@H](O)c3ccc(O)c(CO)c3)cc2)c1. The van der Waals surface area contributed by atoms with Crippen LogP contribution in [0.1, 0.15) is 35.3 Å². The van der Waals surface area contributed by atoms with Crippen LogP contribution in [0.5, 0.6) is 11.5 Å². The van der Waals surface area contributed by atoms with Crippen molar-refractivity contribution in [1.29, 1.82) is 0 Å². The molecule has 0 unspecified atom stereocenters. The number of aliphatic carboxylic acids is 1. The van der Waals surface area contributed by atoms with Gasteiger partial charge in [0.05, 0.1) is 32.2 Å². The van der Waals surface area contributed by atoms with Crippen LogP contribution < -0.4 is 14.8 Å². The van der Waals surface area contributed by atoms with Crippen LogP contribution in [0.2, 0.25) is 0 Å². The number of aliphatic hydroxyl groups is 2. The van der Waals surface area contributed by atoms with Gasteiger partial charge in [-0.05, 0) is 66.1 Å². The lowest BCUT2D eigenvalue weighted by molar-refractivity contribution is -0.134. The smallest absolute Gasteiger partial charge is 0.300 e. The lowest BCUT2D eigenvalue weighted by Crippen LogP contribution is -2.23. The van der Waals surface area contributed by atoms with Crippen LogP contribution in [-0.4, -0.2) is 67.4 Å². The molecule has 6 N–H and O–H groups in total. The summed E-state index contributed by atoms with van der Waals surface area (Å²) in [7, 11) is -3.32. The molecule has 1 atom stereocenters. The van der Waals surface area contributed by atoms with E-state index in [-0.39, 0.29) is 12.4 Å². The molecule has 41 heavy (non-hydrogen) atoms. The number of nitrogens with one attached hydrogen (secondary N) is 2. The number of phenols is 1. The zero-order chi connectivity index (χ0) is 30.3. The van der Waals surface area contributed by atoms with Crippen molar-refractivity contribution in [3.8, 4) is 11.5 Å². The third-order valence-corrected chi connectivity index (χ3v) is 6.11. The molecule has 3 aromatic rings. The van der Waals surface area contributed by atoms with Crippen molar-refractivity contribution in [2.24, 2.45) is 0 Å². The van der Waals surface area contributed by atoms with Crippen molar-refractivity contribution in [3.63, 3.8) is 0 Å². The third-order valence-electron chi connectivity index (χ3n) is 5.51. The number of ether oxygens (including phenoxy) is 2. The van der Waals surface area contributed by atoms with Crippen molar-refractivity contribution in [2.45, 2.75) is 32.7 Å². The normalized spacial score (nSPS) is 11.7. The van der Waals surface area contributed by atoms with Gasteiger partial charge in [-0.15, -0.1) is 0 Å². The number of rotatable bonds is 15. The van der Waals surface area contributed by atoms with Crippen molar-refractivity contribution in [2.75, 3.05) is 37.3 Å². The molecular weight excluding hydrogens is 552 g/mol. The van der Waals surface area contributed by atoms with Gasteiger partial charge in [0, 0.05) is 24.7 Å². The summed E-state index contributed by atoms with van der Waals surface area (Å²) in [4.78, 5) is 9.00. The van der Waals surface area contributed by atoms with E-state index in [9.17, 15) is 23.7 Å². The summed E-state index contributed by atoms with van der Waals surface area (Å²) in [6.07, 6.45) is 1.15. The number of carboxylic acid groups (broad SMARTS) is 1. The fourth-order valence-electron chi connectivity index (χ4n) is 3.63. The van der Waals surface area contributed by atoms with E-state index in [1.54, 1.807) is 30.3 Å². The first kappa shape index (κ1) is 33.5. The van der Waals surface area contributed by atoms with Gasteiger partial charge in [0.1, 0.15) is 18.1 Å². The van der Waals surface area contributed by atoms with Crippen LogP contribution in [0.4, 0.5) is 5.69 Å². The Hall–Kier alpha value is -3.68. The molecule has 0 aliphatic rings. The molecule has 0 aliphatic carbocycles. The van der Waals surface area contributed by atoms with E-state index in [0.717, 1.165) is 36.5 Å². The first-order valence-corrected chi connectivity index (χ1v) is 14.7. The molecule has 0 saturated carbocycles. The maximum atomic E-state index is 11.3. The number of sulfonamides is 1. The van der Waals surface area contributed by atoms with Gasteiger partial charge in [0.15, 0.2) is 0 Å². The van der Waals surface area contributed by atoms with Crippen LogP contribution in [-0.2, 0) is 39.2 Å². The third kappa shape index (κ3) is 14.0. The summed E-state index contributed by atoms with van der Waals surface area (Å²) in [5.41, 5.74) is 3.51. The minimum atomic E-state index is -3.32. The van der Waals surface area contributed by atoms with E-state index < -0.39 is 22.1 Å². The van der Waals surface area contributed by atoms with Gasteiger partial charge in [0.25, 0.3) is 5.97 Å². The summed E-state index contributed by atoms with van der Waals surface area (Å²) in [5, 5.41) is 39.8. The fourth-order valence-corrected chi connectivity index (χ4v) is 4.18. The topological polar surface area (TPSA) is 175 Å². The number of aromatic hydroxyl groups is 1. The van der Waals surface area contributed by atoms with Crippen molar-refractivity contribution < 1.29 is 43.1 Å². The number of carboxylic acids is 1. The number of benzene rings is 3. The van der Waals surface area contributed by atoms with Gasteiger partial charge in [-0.25, -0.2) is 8.42 Å². The monoisotopic (exact) mass is 590 g/mol. The maximum Gasteiger partial charge on any atom is 0.300 e. The first-order chi connectivity index (χ1) is 19.5. The minimum absolute atomic E-state index is 0.0124. The Morgan fingerprint density at radius 1 is 1.00 bits per heavy atom. The van der Waals surface area contributed by atoms with Crippen LogP contribution in [0.3, 0.4) is 0 Å². The van der Waals surface area contributed by atoms with Crippen LogP contribution >= 0.6 is 0 Å². The van der Waals surface area contributed by atoms with E-state index in [1.165, 1.54) is 6.07 Å². The van der Waals surface area contributed by atoms with Crippen LogP contribution in [0, 0.1) is 0 Å². The summed E-state index contributed by atoms with van der Waals surface area (Å²) in [5.74, 6) is -0.0829. The Morgan fingerprint density at radius 2 is 1.71 bits per heavy atom. The zero-order valence-corrected chi connectivity index (χ0v) is 23.9. The van der Waals surface area contributed by atoms with Gasteiger partial charge < -0.3 is 35.2 Å². The number of hydrogen-bond acceptors (Lipinski definition) is 9. The number of aliphatic hydroxyl groups excluding tert-OH is 2. The molecule has 11 nitrogen and oxygen atoms in total. The van der Waals surface area contributed by atoms with Crippen molar-refractivity contribution >= 4 is 21.7 Å². The van der Waals surface area contributed by atoms with E-state index in [1.807, 2.05) is 30.3 Å². The predicted molar refractivity (Wildman–Crippen MR) is 155 cm³/mol. The highest BCUT2D eigenvalue weighted by molar-refractivity contribution is 7.92. The highest BCUT2D eigenvalue weighted by Crippen LogP contribution is 2.22. The summed E-state index contributed by atoms with van der Waals surface area (Å²) in [6, 6.07) is 19.5. The van der Waals surface area contributed by atoms with Gasteiger partial charge in [-0.3, -0.25) is 9.52 Å². The largest absolute Gasteiger partial charge is 0.508 e. The first-order valence-electron chi connectivity index (χ1n) is 12.8. The fraction of sp³-hybridized carbons (Fsp3) is 0.345. The van der Waals surface area contributed by atoms with Gasteiger partial charge in [-0.1, -0.05) is 30.3 Å². The molecule has 3 rings (SSSR count). The molecule has 0 spiro atoms. The average Bonchev–Trinajstić information content (AvgIpc) is 2.91. The highest BCUT2D eigenvalue weighted by Gasteiger charge is 2.10. The molecule has 0 bridgehead atoms. The lowest BCUT2D eigenvalue weighted by Gasteiger charge is -2.14.